The monoisotopic (exact) mass is 237 g/mol. The lowest BCUT2D eigenvalue weighted by atomic mass is 10.3. The topological polar surface area (TPSA) is 50.8 Å². The van der Waals surface area contributed by atoms with E-state index in [1.54, 1.807) is 12.5 Å². The smallest absolute Gasteiger partial charge is 0.186 e. The second kappa shape index (κ2) is 5.28. The van der Waals surface area contributed by atoms with Gasteiger partial charge in [0.25, 0.3) is 0 Å². The van der Waals surface area contributed by atoms with Crippen molar-refractivity contribution in [3.63, 3.8) is 0 Å². The average Bonchev–Trinajstić information content (AvgIpc) is 2.61. The molecule has 4 nitrogen and oxygen atoms in total. The number of nitriles is 1. The SMILES string of the molecule is CCCn1cncc1C(C#N)O[Si](C)(C)C. The van der Waals surface area contributed by atoms with Crippen LogP contribution in [0.4, 0.5) is 0 Å². The fourth-order valence-corrected chi connectivity index (χ4v) is 2.36. The van der Waals surface area contributed by atoms with Gasteiger partial charge in [0.1, 0.15) is 0 Å². The van der Waals surface area contributed by atoms with Gasteiger partial charge in [-0.15, -0.1) is 0 Å². The van der Waals surface area contributed by atoms with Crippen molar-refractivity contribution in [2.45, 2.75) is 45.6 Å². The molecule has 1 unspecified atom stereocenters. The van der Waals surface area contributed by atoms with Crippen LogP contribution in [0.25, 0.3) is 0 Å². The van der Waals surface area contributed by atoms with Crippen molar-refractivity contribution < 1.29 is 4.43 Å². The third kappa shape index (κ3) is 3.47. The molecule has 0 aliphatic heterocycles. The van der Waals surface area contributed by atoms with Crippen molar-refractivity contribution in [3.05, 3.63) is 18.2 Å². The maximum atomic E-state index is 9.16. The number of aryl methyl sites for hydroxylation is 1. The normalized spacial score (nSPS) is 13.4. The predicted molar refractivity (Wildman–Crippen MR) is 65.3 cm³/mol. The largest absolute Gasteiger partial charge is 0.398 e. The molecule has 1 heterocycles. The summed E-state index contributed by atoms with van der Waals surface area (Å²) < 4.78 is 7.83. The molecule has 0 saturated carbocycles. The maximum Gasteiger partial charge on any atom is 0.186 e. The van der Waals surface area contributed by atoms with Gasteiger partial charge in [-0.2, -0.15) is 5.26 Å². The fourth-order valence-electron chi connectivity index (χ4n) is 1.48. The molecule has 0 bridgehead atoms. The number of hydrogen-bond donors (Lipinski definition) is 0. The van der Waals surface area contributed by atoms with Crippen LogP contribution in [0.3, 0.4) is 0 Å². The Morgan fingerprint density at radius 1 is 1.56 bits per heavy atom. The van der Waals surface area contributed by atoms with E-state index in [0.717, 1.165) is 18.7 Å². The molecule has 0 saturated heterocycles. The Bertz CT molecular complexity index is 375. The summed E-state index contributed by atoms with van der Waals surface area (Å²) in [6.45, 7) is 9.22. The first-order chi connectivity index (χ1) is 7.48. The number of rotatable bonds is 5. The van der Waals surface area contributed by atoms with Crippen LogP contribution >= 0.6 is 0 Å². The molecule has 0 amide bonds. The van der Waals surface area contributed by atoms with E-state index in [4.69, 9.17) is 9.69 Å². The Morgan fingerprint density at radius 2 is 2.25 bits per heavy atom. The summed E-state index contributed by atoms with van der Waals surface area (Å²) in [6.07, 6.45) is 4.02. The van der Waals surface area contributed by atoms with Gasteiger partial charge in [-0.1, -0.05) is 6.92 Å². The molecule has 0 fully saturated rings. The van der Waals surface area contributed by atoms with Crippen molar-refractivity contribution in [2.75, 3.05) is 0 Å². The quantitative estimate of drug-likeness (QED) is 0.740. The molecule has 88 valence electrons. The second-order valence-electron chi connectivity index (χ2n) is 4.75. The maximum absolute atomic E-state index is 9.16. The van der Waals surface area contributed by atoms with E-state index in [1.165, 1.54) is 0 Å². The number of nitrogens with zero attached hydrogens (tertiary/aromatic N) is 3. The van der Waals surface area contributed by atoms with Crippen LogP contribution in [-0.2, 0) is 11.0 Å². The molecule has 5 heteroatoms. The molecule has 1 atom stereocenters. The Kier molecular flexibility index (Phi) is 4.27. The summed E-state index contributed by atoms with van der Waals surface area (Å²) in [4.78, 5) is 4.09. The molecule has 0 N–H and O–H groups in total. The Morgan fingerprint density at radius 3 is 2.75 bits per heavy atom. The number of hydrogen-bond acceptors (Lipinski definition) is 3. The van der Waals surface area contributed by atoms with Crippen LogP contribution in [0.15, 0.2) is 12.5 Å². The zero-order valence-corrected chi connectivity index (χ0v) is 11.4. The van der Waals surface area contributed by atoms with Crippen LogP contribution in [-0.4, -0.2) is 17.9 Å². The van der Waals surface area contributed by atoms with Crippen molar-refractivity contribution in [2.24, 2.45) is 0 Å². The highest BCUT2D eigenvalue weighted by atomic mass is 28.4. The van der Waals surface area contributed by atoms with Gasteiger partial charge in [0.2, 0.25) is 0 Å². The molecular formula is C11H19N3OSi. The van der Waals surface area contributed by atoms with E-state index < -0.39 is 14.4 Å². The lowest BCUT2D eigenvalue weighted by Crippen LogP contribution is -2.28. The van der Waals surface area contributed by atoms with Crippen molar-refractivity contribution in [1.82, 2.24) is 9.55 Å². The summed E-state index contributed by atoms with van der Waals surface area (Å²) in [5, 5.41) is 9.16. The van der Waals surface area contributed by atoms with Crippen LogP contribution < -0.4 is 0 Å². The molecular weight excluding hydrogens is 218 g/mol. The van der Waals surface area contributed by atoms with Gasteiger partial charge in [-0.3, -0.25) is 0 Å². The molecule has 1 rings (SSSR count). The molecule has 0 aliphatic carbocycles. The summed E-state index contributed by atoms with van der Waals surface area (Å²) in [5.41, 5.74) is 0.867. The number of imidazole rings is 1. The summed E-state index contributed by atoms with van der Waals surface area (Å²) in [7, 11) is -1.71. The molecule has 0 aromatic carbocycles. The lowest BCUT2D eigenvalue weighted by molar-refractivity contribution is 0.244. The third-order valence-corrected chi connectivity index (χ3v) is 3.01. The molecule has 0 aliphatic rings. The van der Waals surface area contributed by atoms with Crippen LogP contribution in [0.1, 0.15) is 25.1 Å². The summed E-state index contributed by atoms with van der Waals surface area (Å²) in [6, 6.07) is 2.21. The highest BCUT2D eigenvalue weighted by Crippen LogP contribution is 2.21. The number of aromatic nitrogens is 2. The minimum atomic E-state index is -1.71. The predicted octanol–water partition coefficient (Wildman–Crippen LogP) is 2.71. The second-order valence-corrected chi connectivity index (χ2v) is 9.21. The van der Waals surface area contributed by atoms with E-state index in [9.17, 15) is 0 Å². The van der Waals surface area contributed by atoms with E-state index in [0.29, 0.717) is 0 Å². The van der Waals surface area contributed by atoms with Gasteiger partial charge in [0.05, 0.1) is 24.3 Å². The van der Waals surface area contributed by atoms with Gasteiger partial charge in [-0.25, -0.2) is 4.98 Å². The average molecular weight is 237 g/mol. The fraction of sp³-hybridized carbons (Fsp3) is 0.636. The molecule has 1 aromatic rings. The Hall–Kier alpha value is -1.12. The molecule has 16 heavy (non-hydrogen) atoms. The first-order valence-corrected chi connectivity index (χ1v) is 8.96. The lowest BCUT2D eigenvalue weighted by Gasteiger charge is -2.22. The van der Waals surface area contributed by atoms with E-state index in [2.05, 4.69) is 37.6 Å². The van der Waals surface area contributed by atoms with Crippen LogP contribution in [0, 0.1) is 11.3 Å². The zero-order chi connectivity index (χ0) is 12.2. The van der Waals surface area contributed by atoms with E-state index >= 15 is 0 Å². The van der Waals surface area contributed by atoms with Gasteiger partial charge >= 0.3 is 0 Å². The first-order valence-electron chi connectivity index (χ1n) is 5.55. The van der Waals surface area contributed by atoms with E-state index in [-0.39, 0.29) is 0 Å². The Balaban J connectivity index is 2.87. The van der Waals surface area contributed by atoms with Crippen LogP contribution in [0.2, 0.25) is 19.6 Å². The minimum absolute atomic E-state index is 0.485. The van der Waals surface area contributed by atoms with Gasteiger partial charge < -0.3 is 8.99 Å². The summed E-state index contributed by atoms with van der Waals surface area (Å²) >= 11 is 0. The Labute approximate surface area is 98.0 Å². The van der Waals surface area contributed by atoms with Crippen molar-refractivity contribution in [3.8, 4) is 6.07 Å². The first kappa shape index (κ1) is 12.9. The van der Waals surface area contributed by atoms with Crippen molar-refractivity contribution in [1.29, 1.82) is 5.26 Å². The van der Waals surface area contributed by atoms with Gasteiger partial charge in [0, 0.05) is 6.54 Å². The highest BCUT2D eigenvalue weighted by Gasteiger charge is 2.24. The molecule has 0 radical (unpaired) electrons. The third-order valence-electron chi connectivity index (χ3n) is 2.07. The molecule has 1 aromatic heterocycles. The van der Waals surface area contributed by atoms with Crippen LogP contribution in [0.5, 0.6) is 0 Å². The standard InChI is InChI=1S/C11H19N3OSi/c1-5-6-14-9-13-8-10(14)11(7-12)15-16(2,3)4/h8-9,11H,5-6H2,1-4H3. The van der Waals surface area contributed by atoms with Gasteiger partial charge in [-0.05, 0) is 26.1 Å². The minimum Gasteiger partial charge on any atom is -0.398 e. The zero-order valence-electron chi connectivity index (χ0n) is 10.4. The van der Waals surface area contributed by atoms with Crippen molar-refractivity contribution >= 4 is 8.32 Å². The molecule has 0 spiro atoms. The van der Waals surface area contributed by atoms with Gasteiger partial charge in [0.15, 0.2) is 14.4 Å². The highest BCUT2D eigenvalue weighted by molar-refractivity contribution is 6.69. The summed E-state index contributed by atoms with van der Waals surface area (Å²) in [5.74, 6) is 0. The van der Waals surface area contributed by atoms with E-state index in [1.807, 2.05) is 4.57 Å².